The Morgan fingerprint density at radius 2 is 1.79 bits per heavy atom. The number of sulfonamides is 1. The molecule has 1 aliphatic heterocycles. The van der Waals surface area contributed by atoms with Gasteiger partial charge in [0.1, 0.15) is 0 Å². The molecule has 3 aromatic rings. The molecule has 33 heavy (non-hydrogen) atoms. The van der Waals surface area contributed by atoms with Crippen molar-refractivity contribution in [2.75, 3.05) is 26.3 Å². The van der Waals surface area contributed by atoms with Gasteiger partial charge in [-0.2, -0.15) is 4.31 Å². The molecule has 1 amide bonds. The maximum atomic E-state index is 13.6. The molecule has 1 N–H and O–H groups in total. The van der Waals surface area contributed by atoms with Gasteiger partial charge in [0.25, 0.3) is 5.91 Å². The van der Waals surface area contributed by atoms with E-state index in [-0.39, 0.29) is 35.5 Å². The van der Waals surface area contributed by atoms with Crippen molar-refractivity contribution in [1.82, 2.24) is 14.2 Å². The summed E-state index contributed by atoms with van der Waals surface area (Å²) in [6.45, 7) is 5.41. The van der Waals surface area contributed by atoms with Crippen LogP contribution in [-0.4, -0.2) is 60.9 Å². The summed E-state index contributed by atoms with van der Waals surface area (Å²) in [7, 11) is -3.75. The van der Waals surface area contributed by atoms with Gasteiger partial charge in [-0.3, -0.25) is 9.59 Å². The average molecular weight is 470 g/mol. The second-order valence-electron chi connectivity index (χ2n) is 8.28. The first-order valence-electron chi connectivity index (χ1n) is 10.9. The van der Waals surface area contributed by atoms with E-state index in [0.717, 1.165) is 5.56 Å². The first kappa shape index (κ1) is 23.2. The van der Waals surface area contributed by atoms with Gasteiger partial charge in [-0.1, -0.05) is 30.3 Å². The molecule has 9 heteroatoms. The van der Waals surface area contributed by atoms with Gasteiger partial charge in [0.2, 0.25) is 15.6 Å². The number of hydrogen-bond donors (Lipinski definition) is 1. The maximum Gasteiger partial charge on any atom is 0.255 e. The first-order chi connectivity index (χ1) is 15.8. The molecular weight excluding hydrogens is 442 g/mol. The number of nitrogens with zero attached hydrogens (tertiary/aromatic N) is 2. The number of rotatable bonds is 6. The Labute approximate surface area is 192 Å². The van der Waals surface area contributed by atoms with E-state index in [4.69, 9.17) is 4.74 Å². The Kier molecular flexibility index (Phi) is 6.64. The molecule has 0 aliphatic carbocycles. The van der Waals surface area contributed by atoms with Crippen LogP contribution in [0.5, 0.6) is 0 Å². The number of nitrogens with one attached hydrogen (secondary N) is 1. The number of amides is 1. The third-order valence-corrected chi connectivity index (χ3v) is 7.63. The van der Waals surface area contributed by atoms with Gasteiger partial charge in [0.05, 0.1) is 23.7 Å². The Hall–Kier alpha value is -3.01. The van der Waals surface area contributed by atoms with Crippen molar-refractivity contribution >= 4 is 26.8 Å². The fourth-order valence-corrected chi connectivity index (χ4v) is 5.36. The highest BCUT2D eigenvalue weighted by molar-refractivity contribution is 7.89. The zero-order chi connectivity index (χ0) is 23.6. The zero-order valence-corrected chi connectivity index (χ0v) is 19.5. The SMILES string of the molecule is CC(C)N(Cc1ccccc1)C(=O)c1cc(=O)[nH]c2ccc(S(=O)(=O)N3CCOCC3)cc12. The molecule has 1 aromatic heterocycles. The van der Waals surface area contributed by atoms with Crippen LogP contribution >= 0.6 is 0 Å². The molecule has 0 saturated carbocycles. The third-order valence-electron chi connectivity index (χ3n) is 5.73. The number of carbonyl (C=O) groups is 1. The van der Waals surface area contributed by atoms with Crippen LogP contribution in [0.25, 0.3) is 10.9 Å². The summed E-state index contributed by atoms with van der Waals surface area (Å²) < 4.78 is 33.0. The molecule has 0 spiro atoms. The molecule has 1 aliphatic rings. The molecular formula is C24H27N3O5S. The van der Waals surface area contributed by atoms with Crippen molar-refractivity contribution in [1.29, 1.82) is 0 Å². The van der Waals surface area contributed by atoms with Gasteiger partial charge >= 0.3 is 0 Å². The summed E-state index contributed by atoms with van der Waals surface area (Å²) in [6, 6.07) is 15.2. The van der Waals surface area contributed by atoms with Gasteiger partial charge in [0.15, 0.2) is 0 Å². The number of pyridine rings is 1. The summed E-state index contributed by atoms with van der Waals surface area (Å²) in [5, 5.41) is 0.396. The highest BCUT2D eigenvalue weighted by Gasteiger charge is 2.28. The lowest BCUT2D eigenvalue weighted by atomic mass is 10.1. The number of fused-ring (bicyclic) bond motifs is 1. The van der Waals surface area contributed by atoms with Crippen molar-refractivity contribution in [3.05, 3.63) is 76.1 Å². The van der Waals surface area contributed by atoms with E-state index < -0.39 is 15.6 Å². The van der Waals surface area contributed by atoms with E-state index >= 15 is 0 Å². The second kappa shape index (κ2) is 9.46. The molecule has 4 rings (SSSR count). The molecule has 0 unspecified atom stereocenters. The number of benzene rings is 2. The van der Waals surface area contributed by atoms with E-state index in [2.05, 4.69) is 4.98 Å². The quantitative estimate of drug-likeness (QED) is 0.598. The smallest absolute Gasteiger partial charge is 0.255 e. The second-order valence-corrected chi connectivity index (χ2v) is 10.2. The highest BCUT2D eigenvalue weighted by atomic mass is 32.2. The fourth-order valence-electron chi connectivity index (χ4n) is 3.93. The summed E-state index contributed by atoms with van der Waals surface area (Å²) in [6.07, 6.45) is 0. The Morgan fingerprint density at radius 1 is 1.09 bits per heavy atom. The zero-order valence-electron chi connectivity index (χ0n) is 18.7. The molecule has 0 radical (unpaired) electrons. The minimum atomic E-state index is -3.75. The number of H-pyrrole nitrogens is 1. The van der Waals surface area contributed by atoms with E-state index in [0.29, 0.717) is 30.7 Å². The molecule has 1 fully saturated rings. The lowest BCUT2D eigenvalue weighted by Crippen LogP contribution is -2.40. The largest absolute Gasteiger partial charge is 0.379 e. The van der Waals surface area contributed by atoms with Crippen LogP contribution in [0.4, 0.5) is 0 Å². The number of carbonyl (C=O) groups excluding carboxylic acids is 1. The van der Waals surface area contributed by atoms with Crippen molar-refractivity contribution in [3.63, 3.8) is 0 Å². The molecule has 0 atom stereocenters. The normalized spacial score (nSPS) is 15.1. The van der Waals surface area contributed by atoms with E-state index in [1.807, 2.05) is 44.2 Å². The van der Waals surface area contributed by atoms with Gasteiger partial charge in [-0.05, 0) is 37.6 Å². The maximum absolute atomic E-state index is 13.6. The van der Waals surface area contributed by atoms with Gasteiger partial charge in [-0.15, -0.1) is 0 Å². The van der Waals surface area contributed by atoms with Crippen molar-refractivity contribution in [2.24, 2.45) is 0 Å². The minimum Gasteiger partial charge on any atom is -0.379 e. The highest BCUT2D eigenvalue weighted by Crippen LogP contribution is 2.25. The van der Waals surface area contributed by atoms with Crippen LogP contribution in [0.2, 0.25) is 0 Å². The van der Waals surface area contributed by atoms with Crippen LogP contribution in [0.1, 0.15) is 29.8 Å². The molecule has 8 nitrogen and oxygen atoms in total. The summed E-state index contributed by atoms with van der Waals surface area (Å²) >= 11 is 0. The summed E-state index contributed by atoms with van der Waals surface area (Å²) in [5.41, 5.74) is 1.13. The number of hydrogen-bond acceptors (Lipinski definition) is 5. The fraction of sp³-hybridized carbons (Fsp3) is 0.333. The number of aromatic amines is 1. The minimum absolute atomic E-state index is 0.0807. The van der Waals surface area contributed by atoms with Crippen molar-refractivity contribution < 1.29 is 17.9 Å². The molecule has 174 valence electrons. The topological polar surface area (TPSA) is 99.8 Å². The van der Waals surface area contributed by atoms with Crippen LogP contribution < -0.4 is 5.56 Å². The van der Waals surface area contributed by atoms with Crippen LogP contribution in [0.15, 0.2) is 64.3 Å². The van der Waals surface area contributed by atoms with Crippen molar-refractivity contribution in [3.8, 4) is 0 Å². The predicted octanol–water partition coefficient (Wildman–Crippen LogP) is 2.60. The predicted molar refractivity (Wildman–Crippen MR) is 126 cm³/mol. The monoisotopic (exact) mass is 469 g/mol. The molecule has 1 saturated heterocycles. The van der Waals surface area contributed by atoms with E-state index in [1.165, 1.54) is 28.6 Å². The summed E-state index contributed by atoms with van der Waals surface area (Å²) in [4.78, 5) is 30.4. The Morgan fingerprint density at radius 3 is 2.45 bits per heavy atom. The van der Waals surface area contributed by atoms with Gasteiger partial charge in [-0.25, -0.2) is 8.42 Å². The molecule has 2 heterocycles. The van der Waals surface area contributed by atoms with Crippen molar-refractivity contribution in [2.45, 2.75) is 31.3 Å². The van der Waals surface area contributed by atoms with E-state index in [9.17, 15) is 18.0 Å². The number of morpholine rings is 1. The standard InChI is InChI=1S/C24H27N3O5S/c1-17(2)27(16-18-6-4-3-5-7-18)24(29)21-15-23(28)25-22-9-8-19(14-20(21)22)33(30,31)26-10-12-32-13-11-26/h3-9,14-15,17H,10-13,16H2,1-2H3,(H,25,28). The first-order valence-corrected chi connectivity index (χ1v) is 12.3. The molecule has 2 aromatic carbocycles. The average Bonchev–Trinajstić information content (AvgIpc) is 2.82. The lowest BCUT2D eigenvalue weighted by molar-refractivity contribution is 0.0692. The van der Waals surface area contributed by atoms with Gasteiger partial charge in [0, 0.05) is 42.6 Å². The van der Waals surface area contributed by atoms with Crippen LogP contribution in [0, 0.1) is 0 Å². The lowest BCUT2D eigenvalue weighted by Gasteiger charge is -2.28. The Balaban J connectivity index is 1.78. The van der Waals surface area contributed by atoms with E-state index in [1.54, 1.807) is 4.90 Å². The number of aromatic nitrogens is 1. The van der Waals surface area contributed by atoms with Crippen LogP contribution in [0.3, 0.4) is 0 Å². The molecule has 0 bridgehead atoms. The Bertz CT molecular complexity index is 1310. The summed E-state index contributed by atoms with van der Waals surface area (Å²) in [5.74, 6) is -0.328. The van der Waals surface area contributed by atoms with Crippen LogP contribution in [-0.2, 0) is 21.3 Å². The third kappa shape index (κ3) is 4.85. The van der Waals surface area contributed by atoms with Gasteiger partial charge < -0.3 is 14.6 Å². The number of ether oxygens (including phenoxy) is 1.